The van der Waals surface area contributed by atoms with E-state index in [0.29, 0.717) is 0 Å². The van der Waals surface area contributed by atoms with Gasteiger partial charge in [0.25, 0.3) is 0 Å². The van der Waals surface area contributed by atoms with Gasteiger partial charge in [-0.2, -0.15) is 4.39 Å². The number of halogens is 1. The second-order valence-electron chi connectivity index (χ2n) is 8.03. The Morgan fingerprint density at radius 1 is 1.06 bits per heavy atom. The van der Waals surface area contributed by atoms with Crippen molar-refractivity contribution in [2.45, 2.75) is 45.4 Å². The molecular weight excluding hydrogens is 449 g/mol. The number of carboxylic acid groups (broad SMARTS) is 1. The first kappa shape index (κ1) is 26.2. The van der Waals surface area contributed by atoms with E-state index in [9.17, 15) is 34.0 Å². The number of hydrogen-bond donors (Lipinski definition) is 3. The van der Waals surface area contributed by atoms with Crippen molar-refractivity contribution in [3.8, 4) is 0 Å². The number of alkyl carbamates (subject to hydrolysis) is 1. The Morgan fingerprint density at radius 3 is 2.32 bits per heavy atom. The number of nitrogens with zero attached hydrogens (tertiary/aromatic N) is 1. The van der Waals surface area contributed by atoms with E-state index in [1.807, 2.05) is 19.9 Å². The third kappa shape index (κ3) is 8.15. The highest BCUT2D eigenvalue weighted by Gasteiger charge is 2.28. The van der Waals surface area contributed by atoms with Crippen molar-refractivity contribution in [2.24, 2.45) is 5.92 Å². The molecule has 0 heterocycles. The molecule has 34 heavy (non-hydrogen) atoms. The fourth-order valence-corrected chi connectivity index (χ4v) is 3.14. The summed E-state index contributed by atoms with van der Waals surface area (Å²) in [7, 11) is 0. The molecule has 10 nitrogen and oxygen atoms in total. The normalized spacial score (nSPS) is 12.5. The first-order valence-corrected chi connectivity index (χ1v) is 10.5. The van der Waals surface area contributed by atoms with Gasteiger partial charge in [0.05, 0.1) is 4.92 Å². The molecule has 2 aromatic carbocycles. The fraction of sp³-hybridized carbons (Fsp3) is 0.348. The zero-order valence-corrected chi connectivity index (χ0v) is 18.7. The summed E-state index contributed by atoms with van der Waals surface area (Å²) in [6.07, 6.45) is -0.957. The zero-order valence-electron chi connectivity index (χ0n) is 18.7. The van der Waals surface area contributed by atoms with Crippen LogP contribution in [0.3, 0.4) is 0 Å². The molecule has 0 unspecified atom stereocenters. The molecule has 0 saturated heterocycles. The molecule has 0 aliphatic heterocycles. The predicted octanol–water partition coefficient (Wildman–Crippen LogP) is 3.19. The summed E-state index contributed by atoms with van der Waals surface area (Å²) in [5.41, 5.74) is 0.103. The Balaban J connectivity index is 2.07. The molecule has 0 aliphatic rings. The lowest BCUT2D eigenvalue weighted by Crippen LogP contribution is -2.52. The number of hydrogen-bond acceptors (Lipinski definition) is 6. The van der Waals surface area contributed by atoms with E-state index in [1.54, 1.807) is 24.3 Å². The Kier molecular flexibility index (Phi) is 9.48. The number of benzene rings is 2. The highest BCUT2D eigenvalue weighted by molar-refractivity contribution is 5.89. The van der Waals surface area contributed by atoms with Gasteiger partial charge >= 0.3 is 17.7 Å². The quantitative estimate of drug-likeness (QED) is 0.334. The summed E-state index contributed by atoms with van der Waals surface area (Å²) in [4.78, 5) is 46.8. The molecule has 0 aliphatic carbocycles. The highest BCUT2D eigenvalue weighted by Crippen LogP contribution is 2.19. The molecule has 0 aromatic heterocycles. The number of nitrogens with one attached hydrogen (secondary N) is 2. The Morgan fingerprint density at radius 2 is 1.74 bits per heavy atom. The standard InChI is InChI=1S/C23H26FN3O7/c1-14(2)10-18(26-23(31)34-13-15-6-4-3-5-7-15)21(28)25-19(22(29)30)11-16-8-9-17(24)20(12-16)27(32)33/h3-9,12,14,18-19H,10-11,13H2,1-2H3,(H,25,28)(H,26,31)(H,29,30)/t18-,19-/m0/s1. The molecule has 2 aromatic rings. The topological polar surface area (TPSA) is 148 Å². The van der Waals surface area contributed by atoms with E-state index < -0.39 is 46.5 Å². The maximum atomic E-state index is 13.6. The Labute approximate surface area is 195 Å². The van der Waals surface area contributed by atoms with E-state index in [0.717, 1.165) is 17.7 Å². The van der Waals surface area contributed by atoms with Crippen LogP contribution in [0.4, 0.5) is 14.9 Å². The van der Waals surface area contributed by atoms with E-state index in [1.165, 1.54) is 6.07 Å². The van der Waals surface area contributed by atoms with Gasteiger partial charge in [-0.3, -0.25) is 14.9 Å². The number of carbonyl (C=O) groups excluding carboxylic acids is 2. The van der Waals surface area contributed by atoms with Gasteiger partial charge in [0, 0.05) is 12.5 Å². The van der Waals surface area contributed by atoms with Crippen LogP contribution in [0.15, 0.2) is 48.5 Å². The minimum Gasteiger partial charge on any atom is -0.480 e. The average molecular weight is 475 g/mol. The third-order valence-electron chi connectivity index (χ3n) is 4.79. The second kappa shape index (κ2) is 12.3. The molecule has 0 spiro atoms. The summed E-state index contributed by atoms with van der Waals surface area (Å²) < 4.78 is 18.7. The number of carbonyl (C=O) groups is 3. The number of rotatable bonds is 11. The van der Waals surface area contributed by atoms with Crippen molar-refractivity contribution in [1.82, 2.24) is 10.6 Å². The fourth-order valence-electron chi connectivity index (χ4n) is 3.14. The summed E-state index contributed by atoms with van der Waals surface area (Å²) in [6.45, 7) is 3.64. The SMILES string of the molecule is CC(C)C[C@H](NC(=O)OCc1ccccc1)C(=O)N[C@@H](Cc1ccc(F)c([N+](=O)[O-])c1)C(=O)O. The first-order valence-electron chi connectivity index (χ1n) is 10.5. The Bertz CT molecular complexity index is 1030. The van der Waals surface area contributed by atoms with Gasteiger partial charge in [-0.05, 0) is 29.5 Å². The summed E-state index contributed by atoms with van der Waals surface area (Å²) >= 11 is 0. The average Bonchev–Trinajstić information content (AvgIpc) is 2.78. The number of nitro groups is 1. The van der Waals surface area contributed by atoms with Crippen molar-refractivity contribution >= 4 is 23.7 Å². The van der Waals surface area contributed by atoms with E-state index in [2.05, 4.69) is 10.6 Å². The summed E-state index contributed by atoms with van der Waals surface area (Å²) in [6, 6.07) is 9.36. The molecule has 0 radical (unpaired) electrons. The monoisotopic (exact) mass is 475 g/mol. The minimum absolute atomic E-state index is 0.0101. The van der Waals surface area contributed by atoms with Crippen molar-refractivity contribution in [3.05, 3.63) is 75.6 Å². The molecule has 0 bridgehead atoms. The minimum atomic E-state index is -1.46. The van der Waals surface area contributed by atoms with Crippen LogP contribution in [0.1, 0.15) is 31.4 Å². The van der Waals surface area contributed by atoms with Crippen LogP contribution in [0.25, 0.3) is 0 Å². The molecule has 11 heteroatoms. The van der Waals surface area contributed by atoms with Crippen molar-refractivity contribution in [1.29, 1.82) is 0 Å². The van der Waals surface area contributed by atoms with Crippen LogP contribution < -0.4 is 10.6 Å². The highest BCUT2D eigenvalue weighted by atomic mass is 19.1. The van der Waals surface area contributed by atoms with Crippen molar-refractivity contribution in [3.63, 3.8) is 0 Å². The van der Waals surface area contributed by atoms with Crippen LogP contribution in [-0.2, 0) is 27.4 Å². The maximum Gasteiger partial charge on any atom is 0.408 e. The van der Waals surface area contributed by atoms with Crippen LogP contribution in [0, 0.1) is 21.8 Å². The molecule has 3 N–H and O–H groups in total. The summed E-state index contributed by atoms with van der Waals surface area (Å²) in [5.74, 6) is -3.22. The second-order valence-corrected chi connectivity index (χ2v) is 8.03. The lowest BCUT2D eigenvalue weighted by Gasteiger charge is -2.22. The zero-order chi connectivity index (χ0) is 25.3. The molecule has 0 saturated carbocycles. The van der Waals surface area contributed by atoms with Crippen LogP contribution in [0.2, 0.25) is 0 Å². The number of carboxylic acids is 1. The van der Waals surface area contributed by atoms with Crippen molar-refractivity contribution in [2.75, 3.05) is 0 Å². The van der Waals surface area contributed by atoms with Gasteiger partial charge in [-0.1, -0.05) is 50.2 Å². The number of nitro benzene ring substituents is 1. The molecule has 2 atom stereocenters. The van der Waals surface area contributed by atoms with E-state index in [4.69, 9.17) is 4.74 Å². The number of ether oxygens (including phenoxy) is 1. The van der Waals surface area contributed by atoms with E-state index in [-0.39, 0.29) is 30.9 Å². The molecular formula is C23H26FN3O7. The van der Waals surface area contributed by atoms with Gasteiger partial charge < -0.3 is 20.5 Å². The lowest BCUT2D eigenvalue weighted by molar-refractivity contribution is -0.387. The van der Waals surface area contributed by atoms with Gasteiger partial charge in [-0.15, -0.1) is 0 Å². The smallest absolute Gasteiger partial charge is 0.408 e. The first-order chi connectivity index (χ1) is 16.1. The van der Waals surface area contributed by atoms with Gasteiger partial charge in [0.15, 0.2) is 0 Å². The predicted molar refractivity (Wildman–Crippen MR) is 119 cm³/mol. The van der Waals surface area contributed by atoms with Crippen LogP contribution in [-0.4, -0.2) is 40.1 Å². The lowest BCUT2D eigenvalue weighted by atomic mass is 10.0. The van der Waals surface area contributed by atoms with Gasteiger partial charge in [0.2, 0.25) is 11.7 Å². The largest absolute Gasteiger partial charge is 0.480 e. The van der Waals surface area contributed by atoms with Crippen LogP contribution >= 0.6 is 0 Å². The molecule has 182 valence electrons. The maximum absolute atomic E-state index is 13.6. The molecule has 0 fully saturated rings. The van der Waals surface area contributed by atoms with E-state index >= 15 is 0 Å². The molecule has 2 amide bonds. The van der Waals surface area contributed by atoms with Crippen molar-refractivity contribution < 1.29 is 33.5 Å². The third-order valence-corrected chi connectivity index (χ3v) is 4.79. The Hall–Kier alpha value is -4.02. The number of amides is 2. The number of aliphatic carboxylic acids is 1. The molecule has 2 rings (SSSR count). The van der Waals surface area contributed by atoms with Gasteiger partial charge in [0.1, 0.15) is 18.7 Å². The van der Waals surface area contributed by atoms with Crippen LogP contribution in [0.5, 0.6) is 0 Å². The summed E-state index contributed by atoms with van der Waals surface area (Å²) in [5, 5.41) is 25.3. The van der Waals surface area contributed by atoms with Gasteiger partial charge in [-0.25, -0.2) is 9.59 Å².